The summed E-state index contributed by atoms with van der Waals surface area (Å²) >= 11 is -6.41. The van der Waals surface area contributed by atoms with Gasteiger partial charge in [0.05, 0.1) is 0 Å². The van der Waals surface area contributed by atoms with Crippen molar-refractivity contribution in [2.24, 2.45) is 0 Å². The van der Waals surface area contributed by atoms with Gasteiger partial charge < -0.3 is 0 Å². The van der Waals surface area contributed by atoms with Crippen molar-refractivity contribution in [2.45, 2.75) is 137 Å². The topological polar surface area (TPSA) is 0 Å². The Labute approximate surface area is 300 Å². The predicted molar refractivity (Wildman–Crippen MR) is 203 cm³/mol. The summed E-state index contributed by atoms with van der Waals surface area (Å²) in [5.41, 5.74) is 0. The van der Waals surface area contributed by atoms with Gasteiger partial charge in [0, 0.05) is 0 Å². The molecule has 0 aromatic heterocycles. The number of hydrogen-bond acceptors (Lipinski definition) is 0. The number of rotatable bonds is 9. The van der Waals surface area contributed by atoms with Gasteiger partial charge in [0.15, 0.2) is 0 Å². The van der Waals surface area contributed by atoms with Gasteiger partial charge in [-0.15, -0.1) is 0 Å². The molecule has 0 saturated heterocycles. The first kappa shape index (κ1) is 33.8. The van der Waals surface area contributed by atoms with E-state index in [1.165, 1.54) is 116 Å². The van der Waals surface area contributed by atoms with E-state index in [1.54, 1.807) is 0 Å². The molecular weight excluding hydrogens is 1130 g/mol. The Hall–Kier alpha value is 0.309. The van der Waals surface area contributed by atoms with E-state index in [0.29, 0.717) is 0 Å². The van der Waals surface area contributed by atoms with E-state index in [4.69, 9.17) is 0 Å². The van der Waals surface area contributed by atoms with Crippen LogP contribution in [0.5, 0.6) is 0 Å². The normalized spacial score (nSPS) is 31.8. The zero-order valence-electron chi connectivity index (χ0n) is 27.7. The maximum atomic E-state index is 3.00. The molecular formula is C42H57Bi3. The van der Waals surface area contributed by atoms with Gasteiger partial charge in [0.25, 0.3) is 0 Å². The molecule has 0 fully saturated rings. The monoisotopic (exact) mass is 1190 g/mol. The van der Waals surface area contributed by atoms with Crippen molar-refractivity contribution in [3.63, 3.8) is 0 Å². The molecule has 45 heavy (non-hydrogen) atoms. The second kappa shape index (κ2) is 17.3. The maximum absolute atomic E-state index is 3.00. The Morgan fingerprint density at radius 1 is 0.311 bits per heavy atom. The molecule has 0 nitrogen and oxygen atoms in total. The third kappa shape index (κ3) is 8.55. The van der Waals surface area contributed by atoms with Crippen molar-refractivity contribution in [2.75, 3.05) is 0 Å². The molecule has 0 N–H and O–H groups in total. The Bertz CT molecular complexity index is 1060. The Morgan fingerprint density at radius 3 is 0.667 bits per heavy atom. The Morgan fingerprint density at radius 2 is 0.511 bits per heavy atom. The molecule has 0 bridgehead atoms. The summed E-state index contributed by atoms with van der Waals surface area (Å²) in [5.74, 6) is 0. The zero-order chi connectivity index (χ0) is 30.3. The van der Waals surface area contributed by atoms with Crippen molar-refractivity contribution < 1.29 is 0 Å². The molecule has 1 aromatic rings. The second-order valence-corrected chi connectivity index (χ2v) is 45.5. The molecule has 7 rings (SSSR count). The molecule has 0 saturated carbocycles. The summed E-state index contributed by atoms with van der Waals surface area (Å²) in [6, 6.07) is 9.01. The minimum absolute atomic E-state index is 0.915. The van der Waals surface area contributed by atoms with E-state index in [0.717, 1.165) is 21.8 Å². The van der Waals surface area contributed by atoms with Crippen LogP contribution in [0.4, 0.5) is 0 Å². The number of allylic oxidation sites excluding steroid dienone is 12. The quantitative estimate of drug-likeness (QED) is 0.171. The average molecular weight is 1190 g/mol. The Balaban J connectivity index is 1.40. The van der Waals surface area contributed by atoms with Crippen LogP contribution in [0.3, 0.4) is 0 Å². The molecule has 6 atom stereocenters. The fourth-order valence-electron chi connectivity index (χ4n) is 9.07. The molecule has 0 aliphatic heterocycles. The van der Waals surface area contributed by atoms with Gasteiger partial charge >= 0.3 is 304 Å². The van der Waals surface area contributed by atoms with Crippen molar-refractivity contribution in [1.82, 2.24) is 0 Å². The van der Waals surface area contributed by atoms with E-state index in [9.17, 15) is 0 Å². The molecule has 6 unspecified atom stereocenters. The first-order valence-electron chi connectivity index (χ1n) is 18.9. The van der Waals surface area contributed by atoms with E-state index < -0.39 is 65.3 Å². The third-order valence-corrected chi connectivity index (χ3v) is 48.0. The van der Waals surface area contributed by atoms with Gasteiger partial charge in [-0.1, -0.05) is 0 Å². The molecule has 6 aliphatic carbocycles. The fraction of sp³-hybridized carbons (Fsp3) is 0.571. The molecule has 6 aliphatic rings. The van der Waals surface area contributed by atoms with Crippen LogP contribution in [0.15, 0.2) is 91.1 Å². The second-order valence-electron chi connectivity index (χ2n) is 14.5. The summed E-state index contributed by atoms with van der Waals surface area (Å²) in [5, 5.41) is 0. The summed E-state index contributed by atoms with van der Waals surface area (Å²) < 4.78 is 11.5. The van der Waals surface area contributed by atoms with Gasteiger partial charge in [0.1, 0.15) is 0 Å². The number of benzene rings is 1. The van der Waals surface area contributed by atoms with Crippen molar-refractivity contribution in [3.8, 4) is 0 Å². The molecule has 1 aromatic carbocycles. The molecule has 3 heteroatoms. The van der Waals surface area contributed by atoms with Gasteiger partial charge in [-0.3, -0.25) is 0 Å². The minimum atomic E-state index is -2.14. The zero-order valence-corrected chi connectivity index (χ0v) is 38.1. The third-order valence-electron chi connectivity index (χ3n) is 11.3. The first-order valence-corrected chi connectivity index (χ1v) is 36.1. The predicted octanol–water partition coefficient (Wildman–Crippen LogP) is 10.5. The molecule has 0 radical (unpaired) electrons. The fourth-order valence-corrected chi connectivity index (χ4v) is 53.4. The standard InChI is InChI=1S/6C6H9.C6H3.3Bi/c7*1-2-4-6-5-3-1;;;/h6*1-3H,4-6H2;1,4-5H;;;. The van der Waals surface area contributed by atoms with Crippen LogP contribution in [-0.2, 0) is 0 Å². The Kier molecular flexibility index (Phi) is 13.0. The summed E-state index contributed by atoms with van der Waals surface area (Å²) in [7, 11) is 0. The van der Waals surface area contributed by atoms with E-state index >= 15 is 0 Å². The summed E-state index contributed by atoms with van der Waals surface area (Å²) in [6.45, 7) is 0. The first-order chi connectivity index (χ1) is 22.3. The molecule has 0 spiro atoms. The SMILES string of the molecule is C1=C[CH]([Bi]([c]2c[c]([Bi]([CH]3C=CCCC3)[CH]3C=CCCC3)c[c]([Bi]([CH]3C=CCCC3)[CH]3C=CCCC3)c2)[CH]2C=CCCC2)CCC1. The van der Waals surface area contributed by atoms with Crippen LogP contribution in [0.25, 0.3) is 0 Å². The van der Waals surface area contributed by atoms with Gasteiger partial charge in [-0.2, -0.15) is 0 Å². The van der Waals surface area contributed by atoms with E-state index in [-0.39, 0.29) is 0 Å². The van der Waals surface area contributed by atoms with Gasteiger partial charge in [-0.05, 0) is 0 Å². The van der Waals surface area contributed by atoms with Crippen LogP contribution in [0.1, 0.15) is 116 Å². The van der Waals surface area contributed by atoms with Crippen LogP contribution in [0, 0.1) is 0 Å². The van der Waals surface area contributed by atoms with Crippen molar-refractivity contribution in [3.05, 3.63) is 91.1 Å². The summed E-state index contributed by atoms with van der Waals surface area (Å²) in [4.78, 5) is 0. The van der Waals surface area contributed by atoms with E-state index in [2.05, 4.69) is 91.1 Å². The average Bonchev–Trinajstić information content (AvgIpc) is 3.12. The van der Waals surface area contributed by atoms with Crippen LogP contribution >= 0.6 is 0 Å². The van der Waals surface area contributed by atoms with E-state index in [1.807, 2.05) is 9.81 Å². The van der Waals surface area contributed by atoms with Gasteiger partial charge in [-0.25, -0.2) is 0 Å². The van der Waals surface area contributed by atoms with Crippen molar-refractivity contribution in [1.29, 1.82) is 0 Å². The van der Waals surface area contributed by atoms with Gasteiger partial charge in [0.2, 0.25) is 0 Å². The molecule has 0 amide bonds. The number of hydrogen-bond donors (Lipinski definition) is 0. The van der Waals surface area contributed by atoms with Crippen LogP contribution in [0.2, 0.25) is 21.8 Å². The molecule has 0 heterocycles. The van der Waals surface area contributed by atoms with Crippen LogP contribution in [-0.4, -0.2) is 65.3 Å². The molecule has 240 valence electrons. The van der Waals surface area contributed by atoms with Crippen molar-refractivity contribution >= 4 is 75.1 Å². The van der Waals surface area contributed by atoms with Crippen LogP contribution < -0.4 is 9.81 Å². The summed E-state index contributed by atoms with van der Waals surface area (Å²) in [6.07, 6.45) is 57.5.